The number of carbonyl (C=O) groups excluding carboxylic acids is 4. The van der Waals surface area contributed by atoms with E-state index in [0.29, 0.717) is 6.42 Å². The van der Waals surface area contributed by atoms with Crippen LogP contribution in [0.1, 0.15) is 52.9 Å². The monoisotopic (exact) mass is 516 g/mol. The van der Waals surface area contributed by atoms with Gasteiger partial charge in [0.1, 0.15) is 12.1 Å². The van der Waals surface area contributed by atoms with E-state index in [1.165, 1.54) is 6.92 Å². The summed E-state index contributed by atoms with van der Waals surface area (Å²) < 4.78 is 0. The van der Waals surface area contributed by atoms with Crippen molar-refractivity contribution in [3.8, 4) is 0 Å². The molecule has 0 saturated carbocycles. The van der Waals surface area contributed by atoms with Crippen LogP contribution in [0.5, 0.6) is 0 Å². The minimum atomic E-state index is -1.63. The molecule has 15 nitrogen and oxygen atoms in total. The SMILES string of the molecule is CCC(C)C(N)C(=O)NC(CCC(N)=O)C(=O)NC(CCCN=C(N)N)C(=O)NC(C(=O)O)C(C)O. The van der Waals surface area contributed by atoms with Crippen LogP contribution >= 0.6 is 0 Å². The molecule has 4 amide bonds. The van der Waals surface area contributed by atoms with E-state index in [4.69, 9.17) is 22.9 Å². The predicted molar refractivity (Wildman–Crippen MR) is 131 cm³/mol. The molecule has 0 bridgehead atoms. The third kappa shape index (κ3) is 12.3. The minimum absolute atomic E-state index is 0.0105. The van der Waals surface area contributed by atoms with Crippen molar-refractivity contribution in [2.24, 2.45) is 33.8 Å². The first-order valence-electron chi connectivity index (χ1n) is 11.6. The summed E-state index contributed by atoms with van der Waals surface area (Å²) in [5, 5.41) is 26.0. The molecule has 0 fully saturated rings. The van der Waals surface area contributed by atoms with E-state index in [2.05, 4.69) is 20.9 Å². The van der Waals surface area contributed by atoms with Crippen LogP contribution in [-0.2, 0) is 24.0 Å². The van der Waals surface area contributed by atoms with E-state index < -0.39 is 59.9 Å². The molecule has 0 aliphatic rings. The van der Waals surface area contributed by atoms with Gasteiger partial charge in [0, 0.05) is 13.0 Å². The van der Waals surface area contributed by atoms with Crippen molar-refractivity contribution in [2.45, 2.75) is 83.1 Å². The third-order valence-corrected chi connectivity index (χ3v) is 5.50. The summed E-state index contributed by atoms with van der Waals surface area (Å²) in [7, 11) is 0. The Kier molecular flexibility index (Phi) is 14.7. The number of hydrogen-bond acceptors (Lipinski definition) is 8. The first-order chi connectivity index (χ1) is 16.7. The fourth-order valence-corrected chi connectivity index (χ4v) is 3.02. The number of carboxylic acids is 1. The number of hydrogen-bond donors (Lipinski definition) is 9. The standard InChI is InChI=1S/C21H40N8O7/c1-4-10(2)15(23)19(34)28-13(7-8-14(22)31)17(32)27-12(6-5-9-26-21(24)25)18(33)29-16(11(3)30)20(35)36/h10-13,15-16,30H,4-9,23H2,1-3H3,(H2,22,31)(H,27,32)(H,28,34)(H,29,33)(H,35,36)(H4,24,25,26). The topological polar surface area (TPSA) is 278 Å². The van der Waals surface area contributed by atoms with Crippen molar-refractivity contribution in [1.82, 2.24) is 16.0 Å². The summed E-state index contributed by atoms with van der Waals surface area (Å²) in [6, 6.07) is -5.07. The smallest absolute Gasteiger partial charge is 0.328 e. The molecule has 15 heteroatoms. The Balaban J connectivity index is 5.72. The molecule has 0 radical (unpaired) electrons. The van der Waals surface area contributed by atoms with E-state index in [1.54, 1.807) is 6.92 Å². The van der Waals surface area contributed by atoms with Crippen molar-refractivity contribution in [3.63, 3.8) is 0 Å². The fourth-order valence-electron chi connectivity index (χ4n) is 3.02. The molecule has 13 N–H and O–H groups in total. The molecule has 206 valence electrons. The van der Waals surface area contributed by atoms with Crippen molar-refractivity contribution in [1.29, 1.82) is 0 Å². The maximum absolute atomic E-state index is 13.0. The van der Waals surface area contributed by atoms with Gasteiger partial charge >= 0.3 is 5.97 Å². The number of aliphatic carboxylic acids is 1. The lowest BCUT2D eigenvalue weighted by molar-refractivity contribution is -0.145. The summed E-state index contributed by atoms with van der Waals surface area (Å²) >= 11 is 0. The van der Waals surface area contributed by atoms with Crippen LogP contribution < -0.4 is 38.9 Å². The Morgan fingerprint density at radius 2 is 1.42 bits per heavy atom. The van der Waals surface area contributed by atoms with E-state index in [9.17, 15) is 34.2 Å². The van der Waals surface area contributed by atoms with Gasteiger partial charge in [-0.25, -0.2) is 4.79 Å². The number of carbonyl (C=O) groups is 5. The molecule has 0 saturated heterocycles. The van der Waals surface area contributed by atoms with Gasteiger partial charge in [-0.2, -0.15) is 0 Å². The predicted octanol–water partition coefficient (Wildman–Crippen LogP) is -3.40. The molecule has 36 heavy (non-hydrogen) atoms. The number of aliphatic imine (C=N–C) groups is 1. The number of rotatable bonds is 17. The lowest BCUT2D eigenvalue weighted by atomic mass is 9.98. The number of nitrogens with two attached hydrogens (primary N) is 4. The highest BCUT2D eigenvalue weighted by atomic mass is 16.4. The molecule has 0 aliphatic carbocycles. The van der Waals surface area contributed by atoms with Crippen molar-refractivity contribution >= 4 is 35.6 Å². The number of aliphatic hydroxyl groups excluding tert-OH is 1. The molecular weight excluding hydrogens is 476 g/mol. The Morgan fingerprint density at radius 1 is 0.889 bits per heavy atom. The van der Waals surface area contributed by atoms with Gasteiger partial charge in [0.05, 0.1) is 12.1 Å². The normalized spacial score (nSPS) is 15.8. The maximum atomic E-state index is 13.0. The van der Waals surface area contributed by atoms with Crippen molar-refractivity contribution in [2.75, 3.05) is 6.54 Å². The van der Waals surface area contributed by atoms with Crippen LogP contribution in [0.25, 0.3) is 0 Å². The number of nitrogens with one attached hydrogen (secondary N) is 3. The first kappa shape index (κ1) is 32.5. The van der Waals surface area contributed by atoms with Gasteiger partial charge in [-0.3, -0.25) is 24.2 Å². The molecular formula is C21H40N8O7. The average Bonchev–Trinajstić information content (AvgIpc) is 2.79. The van der Waals surface area contributed by atoms with Crippen molar-refractivity contribution in [3.05, 3.63) is 0 Å². The lowest BCUT2D eigenvalue weighted by Crippen LogP contribution is -2.58. The van der Waals surface area contributed by atoms with Crippen LogP contribution in [0.2, 0.25) is 0 Å². The van der Waals surface area contributed by atoms with Gasteiger partial charge in [-0.15, -0.1) is 0 Å². The zero-order valence-electron chi connectivity index (χ0n) is 20.9. The Hall–Kier alpha value is -3.46. The minimum Gasteiger partial charge on any atom is -0.480 e. The van der Waals surface area contributed by atoms with E-state index >= 15 is 0 Å². The Morgan fingerprint density at radius 3 is 1.89 bits per heavy atom. The number of guanidine groups is 1. The second-order valence-electron chi connectivity index (χ2n) is 8.55. The summed E-state index contributed by atoms with van der Waals surface area (Å²) in [4.78, 5) is 64.8. The second-order valence-corrected chi connectivity index (χ2v) is 8.55. The third-order valence-electron chi connectivity index (χ3n) is 5.50. The molecule has 0 heterocycles. The quantitative estimate of drug-likeness (QED) is 0.0524. The Labute approximate surface area is 209 Å². The molecule has 0 rings (SSSR count). The number of carboxylic acid groups (broad SMARTS) is 1. The average molecular weight is 517 g/mol. The van der Waals surface area contributed by atoms with Crippen LogP contribution in [-0.4, -0.2) is 82.6 Å². The van der Waals surface area contributed by atoms with Crippen LogP contribution in [0.3, 0.4) is 0 Å². The van der Waals surface area contributed by atoms with Crippen molar-refractivity contribution < 1.29 is 34.2 Å². The number of amides is 4. The van der Waals surface area contributed by atoms with E-state index in [0.717, 1.165) is 0 Å². The molecule has 0 aromatic carbocycles. The van der Waals surface area contributed by atoms with E-state index in [1.807, 2.05) is 6.92 Å². The zero-order chi connectivity index (χ0) is 28.0. The maximum Gasteiger partial charge on any atom is 0.328 e. The summed E-state index contributed by atoms with van der Waals surface area (Å²) in [5.41, 5.74) is 21.7. The highest BCUT2D eigenvalue weighted by Crippen LogP contribution is 2.08. The van der Waals surface area contributed by atoms with Gasteiger partial charge in [0.2, 0.25) is 23.6 Å². The Bertz CT molecular complexity index is 801. The largest absolute Gasteiger partial charge is 0.480 e. The van der Waals surface area contributed by atoms with Crippen LogP contribution in [0.15, 0.2) is 4.99 Å². The second kappa shape index (κ2) is 16.3. The van der Waals surface area contributed by atoms with Gasteiger partial charge in [-0.1, -0.05) is 20.3 Å². The fraction of sp³-hybridized carbons (Fsp3) is 0.714. The summed E-state index contributed by atoms with van der Waals surface area (Å²) in [5.74, 6) is -4.87. The van der Waals surface area contributed by atoms with E-state index in [-0.39, 0.29) is 44.1 Å². The van der Waals surface area contributed by atoms with Gasteiger partial charge in [-0.05, 0) is 32.1 Å². The molecule has 0 aromatic heterocycles. The molecule has 6 atom stereocenters. The van der Waals surface area contributed by atoms with Gasteiger partial charge < -0.3 is 49.1 Å². The molecule has 6 unspecified atom stereocenters. The van der Waals surface area contributed by atoms with Gasteiger partial charge in [0.25, 0.3) is 0 Å². The van der Waals surface area contributed by atoms with Crippen LogP contribution in [0.4, 0.5) is 0 Å². The lowest BCUT2D eigenvalue weighted by Gasteiger charge is -2.26. The molecule has 0 spiro atoms. The summed E-state index contributed by atoms with van der Waals surface area (Å²) in [6.07, 6.45) is -0.994. The number of primary amides is 1. The van der Waals surface area contributed by atoms with Gasteiger partial charge in [0.15, 0.2) is 12.0 Å². The number of nitrogens with zero attached hydrogens (tertiary/aromatic N) is 1. The first-order valence-corrected chi connectivity index (χ1v) is 11.6. The number of aliphatic hydroxyl groups is 1. The summed E-state index contributed by atoms with van der Waals surface area (Å²) in [6.45, 7) is 4.91. The van der Waals surface area contributed by atoms with Crippen LogP contribution in [0, 0.1) is 5.92 Å². The molecule has 0 aliphatic heterocycles. The highest BCUT2D eigenvalue weighted by molar-refractivity contribution is 5.94. The highest BCUT2D eigenvalue weighted by Gasteiger charge is 2.32. The molecule has 0 aromatic rings. The zero-order valence-corrected chi connectivity index (χ0v) is 20.9.